The molecule has 0 saturated heterocycles. The first-order valence-corrected chi connectivity index (χ1v) is 9.97. The maximum absolute atomic E-state index is 12.6. The number of aliphatic carboxylic acids is 1. The number of amides is 1. The van der Waals surface area contributed by atoms with Gasteiger partial charge in [-0.25, -0.2) is 8.42 Å². The van der Waals surface area contributed by atoms with Gasteiger partial charge in [0.25, 0.3) is 15.9 Å². The van der Waals surface area contributed by atoms with Crippen molar-refractivity contribution >= 4 is 33.4 Å². The van der Waals surface area contributed by atoms with Crippen molar-refractivity contribution in [2.75, 3.05) is 17.6 Å². The smallest absolute Gasteiger partial charge is 0.306 e. The van der Waals surface area contributed by atoms with Crippen molar-refractivity contribution in [2.45, 2.75) is 13.3 Å². The summed E-state index contributed by atoms with van der Waals surface area (Å²) in [5.41, 5.74) is 1.54. The maximum atomic E-state index is 12.6. The van der Waals surface area contributed by atoms with Gasteiger partial charge in [-0.3, -0.25) is 9.59 Å². The van der Waals surface area contributed by atoms with Crippen molar-refractivity contribution in [1.82, 2.24) is 4.90 Å². The van der Waals surface area contributed by atoms with E-state index >= 15 is 0 Å². The highest BCUT2D eigenvalue weighted by Gasteiger charge is 2.29. The molecule has 1 atom stereocenters. The van der Waals surface area contributed by atoms with Crippen molar-refractivity contribution in [3.8, 4) is 0 Å². The monoisotopic (exact) mass is 389 g/mol. The van der Waals surface area contributed by atoms with Crippen LogP contribution in [-0.4, -0.2) is 48.4 Å². The molecular formula is C18H19N3O5S. The summed E-state index contributed by atoms with van der Waals surface area (Å²) in [6.45, 7) is 1.88. The van der Waals surface area contributed by atoms with Crippen molar-refractivity contribution in [1.29, 1.82) is 0 Å². The van der Waals surface area contributed by atoms with E-state index in [4.69, 9.17) is 5.11 Å². The number of hydrogen-bond donors (Lipinski definition) is 2. The molecule has 0 aromatic heterocycles. The van der Waals surface area contributed by atoms with E-state index in [9.17, 15) is 18.0 Å². The Balaban J connectivity index is 1.73. The third kappa shape index (κ3) is 4.43. The number of carbonyl (C=O) groups excluding carboxylic acids is 1. The lowest BCUT2D eigenvalue weighted by Gasteiger charge is -2.28. The summed E-state index contributed by atoms with van der Waals surface area (Å²) in [6, 6.07) is 6.86. The van der Waals surface area contributed by atoms with Gasteiger partial charge in [0.05, 0.1) is 17.2 Å². The van der Waals surface area contributed by atoms with Crippen LogP contribution < -0.4 is 5.32 Å². The predicted molar refractivity (Wildman–Crippen MR) is 101 cm³/mol. The van der Waals surface area contributed by atoms with Crippen LogP contribution in [0.3, 0.4) is 0 Å². The molecule has 0 bridgehead atoms. The van der Waals surface area contributed by atoms with E-state index < -0.39 is 27.8 Å². The number of carboxylic acids is 1. The van der Waals surface area contributed by atoms with Crippen LogP contribution in [0.5, 0.6) is 0 Å². The lowest BCUT2D eigenvalue weighted by Crippen LogP contribution is -2.40. The Labute approximate surface area is 157 Å². The van der Waals surface area contributed by atoms with E-state index in [1.807, 2.05) is 0 Å². The lowest BCUT2D eigenvalue weighted by atomic mass is 10.0. The molecule has 0 fully saturated rings. The molecule has 9 heteroatoms. The molecule has 8 nitrogen and oxygen atoms in total. The Morgan fingerprint density at radius 3 is 2.67 bits per heavy atom. The van der Waals surface area contributed by atoms with Crippen LogP contribution in [0.2, 0.25) is 0 Å². The van der Waals surface area contributed by atoms with Crippen molar-refractivity contribution in [2.24, 2.45) is 10.3 Å². The molecule has 1 aromatic carbocycles. The Morgan fingerprint density at radius 2 is 2.00 bits per heavy atom. The molecule has 0 spiro atoms. The first kappa shape index (κ1) is 18.8. The third-order valence-electron chi connectivity index (χ3n) is 4.28. The second-order valence-corrected chi connectivity index (χ2v) is 8.17. The topological polar surface area (TPSA) is 116 Å². The van der Waals surface area contributed by atoms with Crippen LogP contribution in [-0.2, 0) is 26.0 Å². The number of rotatable bonds is 5. The summed E-state index contributed by atoms with van der Waals surface area (Å²) in [7, 11) is -3.57. The van der Waals surface area contributed by atoms with E-state index in [2.05, 4.69) is 9.71 Å². The van der Waals surface area contributed by atoms with Gasteiger partial charge in [-0.15, -0.1) is 4.40 Å². The van der Waals surface area contributed by atoms with Crippen LogP contribution >= 0.6 is 0 Å². The number of carbonyl (C=O) groups is 2. The standard InChI is InChI=1S/C18H19N3O5S/c1-12(18(23)24)11-13-4-6-14(7-5-13)19-17(22)15-3-2-8-21-9-10-27(25,26)20-16(15)21/h2-8,12H,9-11H2,1H3,(H,19,22)(H,23,24). The van der Waals surface area contributed by atoms with Crippen LogP contribution in [0.15, 0.2) is 52.6 Å². The van der Waals surface area contributed by atoms with Gasteiger partial charge in [0.2, 0.25) is 0 Å². The van der Waals surface area contributed by atoms with E-state index in [0.29, 0.717) is 12.1 Å². The zero-order valence-electron chi connectivity index (χ0n) is 14.6. The zero-order valence-corrected chi connectivity index (χ0v) is 15.4. The minimum Gasteiger partial charge on any atom is -0.481 e. The maximum Gasteiger partial charge on any atom is 0.306 e. The second-order valence-electron chi connectivity index (χ2n) is 6.41. The minimum atomic E-state index is -3.57. The molecule has 0 radical (unpaired) electrons. The molecule has 3 rings (SSSR count). The SMILES string of the molecule is CC(Cc1ccc(NC(=O)C2=CC=CN3CCS(=O)(=O)N=C23)cc1)C(=O)O. The number of amidine groups is 1. The highest BCUT2D eigenvalue weighted by molar-refractivity contribution is 7.90. The Bertz CT molecular complexity index is 961. The Morgan fingerprint density at radius 1 is 1.30 bits per heavy atom. The van der Waals surface area contributed by atoms with Gasteiger partial charge in [0.15, 0.2) is 5.84 Å². The summed E-state index contributed by atoms with van der Waals surface area (Å²) in [4.78, 5) is 25.1. The predicted octanol–water partition coefficient (Wildman–Crippen LogP) is 1.39. The molecular weight excluding hydrogens is 370 g/mol. The van der Waals surface area contributed by atoms with E-state index in [1.54, 1.807) is 48.4 Å². The number of benzene rings is 1. The number of nitrogens with one attached hydrogen (secondary N) is 1. The van der Waals surface area contributed by atoms with Crippen molar-refractivity contribution in [3.05, 3.63) is 53.8 Å². The van der Waals surface area contributed by atoms with Gasteiger partial charge in [-0.1, -0.05) is 19.1 Å². The molecule has 2 aliphatic rings. The number of allylic oxidation sites excluding steroid dienone is 2. The summed E-state index contributed by atoms with van der Waals surface area (Å²) >= 11 is 0. The molecule has 2 heterocycles. The molecule has 0 aliphatic carbocycles. The molecule has 142 valence electrons. The Kier molecular flexibility index (Phi) is 5.13. The fourth-order valence-corrected chi connectivity index (χ4v) is 3.74. The normalized spacial score (nSPS) is 18.8. The molecule has 1 unspecified atom stereocenters. The van der Waals surface area contributed by atoms with E-state index in [1.165, 1.54) is 6.08 Å². The molecule has 0 saturated carbocycles. The van der Waals surface area contributed by atoms with Crippen LogP contribution in [0, 0.1) is 5.92 Å². The fraction of sp³-hybridized carbons (Fsp3) is 0.278. The number of fused-ring (bicyclic) bond motifs is 1. The first-order chi connectivity index (χ1) is 12.7. The zero-order chi connectivity index (χ0) is 19.6. The van der Waals surface area contributed by atoms with E-state index in [-0.39, 0.29) is 23.7 Å². The Hall–Kier alpha value is -2.94. The van der Waals surface area contributed by atoms with Crippen molar-refractivity contribution < 1.29 is 23.1 Å². The molecule has 27 heavy (non-hydrogen) atoms. The molecule has 2 N–H and O–H groups in total. The highest BCUT2D eigenvalue weighted by atomic mass is 32.2. The number of sulfonamides is 1. The van der Waals surface area contributed by atoms with Gasteiger partial charge in [-0.2, -0.15) is 0 Å². The fourth-order valence-electron chi connectivity index (χ4n) is 2.76. The lowest BCUT2D eigenvalue weighted by molar-refractivity contribution is -0.141. The van der Waals surface area contributed by atoms with Gasteiger partial charge in [0.1, 0.15) is 0 Å². The van der Waals surface area contributed by atoms with Gasteiger partial charge in [-0.05, 0) is 36.3 Å². The van der Waals surface area contributed by atoms with Crippen LogP contribution in [0.1, 0.15) is 12.5 Å². The number of nitrogens with zero attached hydrogens (tertiary/aromatic N) is 2. The average molecular weight is 389 g/mol. The molecule has 1 amide bonds. The summed E-state index contributed by atoms with van der Waals surface area (Å²) in [6.07, 6.45) is 5.27. The van der Waals surface area contributed by atoms with Crippen LogP contribution in [0.25, 0.3) is 0 Å². The highest BCUT2D eigenvalue weighted by Crippen LogP contribution is 2.20. The van der Waals surface area contributed by atoms with Crippen LogP contribution in [0.4, 0.5) is 5.69 Å². The number of hydrogen-bond acceptors (Lipinski definition) is 5. The largest absolute Gasteiger partial charge is 0.481 e. The first-order valence-electron chi connectivity index (χ1n) is 8.36. The second kappa shape index (κ2) is 7.36. The molecule has 2 aliphatic heterocycles. The van der Waals surface area contributed by atoms with Gasteiger partial charge < -0.3 is 15.3 Å². The number of anilines is 1. The molecule has 1 aromatic rings. The number of carboxylic acid groups (broad SMARTS) is 1. The summed E-state index contributed by atoms with van der Waals surface area (Å²) < 4.78 is 27.3. The van der Waals surface area contributed by atoms with Gasteiger partial charge in [0, 0.05) is 18.4 Å². The summed E-state index contributed by atoms with van der Waals surface area (Å²) in [5, 5.41) is 11.7. The quantitative estimate of drug-likeness (QED) is 0.786. The van der Waals surface area contributed by atoms with E-state index in [0.717, 1.165) is 5.56 Å². The third-order valence-corrected chi connectivity index (χ3v) is 5.43. The van der Waals surface area contributed by atoms with Gasteiger partial charge >= 0.3 is 5.97 Å². The summed E-state index contributed by atoms with van der Waals surface area (Å²) in [5.74, 6) is -1.80. The minimum absolute atomic E-state index is 0.0913. The average Bonchev–Trinajstić information content (AvgIpc) is 2.62. The van der Waals surface area contributed by atoms with Crippen molar-refractivity contribution in [3.63, 3.8) is 0 Å².